The first-order valence-corrected chi connectivity index (χ1v) is 8.61. The number of pyridine rings is 1. The van der Waals surface area contributed by atoms with Crippen molar-refractivity contribution in [3.05, 3.63) is 65.6 Å². The first-order valence-electron chi connectivity index (χ1n) is 8.61. The Bertz CT molecular complexity index is 898. The van der Waals surface area contributed by atoms with E-state index in [4.69, 9.17) is 0 Å². The smallest absolute Gasteiger partial charge is 0.321 e. The van der Waals surface area contributed by atoms with Crippen molar-refractivity contribution >= 4 is 17.4 Å². The van der Waals surface area contributed by atoms with Gasteiger partial charge in [0.15, 0.2) is 0 Å². The largest absolute Gasteiger partial charge is 0.323 e. The molecule has 3 rings (SSSR count). The first-order chi connectivity index (χ1) is 12.4. The molecule has 0 unspecified atom stereocenters. The molecule has 0 atom stereocenters. The fourth-order valence-electron chi connectivity index (χ4n) is 2.87. The minimum Gasteiger partial charge on any atom is -0.323 e. The predicted molar refractivity (Wildman–Crippen MR) is 104 cm³/mol. The number of urea groups is 1. The van der Waals surface area contributed by atoms with E-state index in [9.17, 15) is 4.79 Å². The normalized spacial score (nSPS) is 11.1. The van der Waals surface area contributed by atoms with Gasteiger partial charge in [-0.3, -0.25) is 0 Å². The molecule has 26 heavy (non-hydrogen) atoms. The first kappa shape index (κ1) is 17.9. The predicted octanol–water partition coefficient (Wildman–Crippen LogP) is 3.37. The van der Waals surface area contributed by atoms with E-state index in [0.29, 0.717) is 6.54 Å². The van der Waals surface area contributed by atoms with Crippen molar-refractivity contribution in [3.8, 4) is 0 Å². The fraction of sp³-hybridized carbons (Fsp3) is 0.300. The highest BCUT2D eigenvalue weighted by Gasteiger charge is 2.10. The Labute approximate surface area is 154 Å². The number of rotatable bonds is 5. The van der Waals surface area contributed by atoms with E-state index in [2.05, 4.69) is 39.5 Å². The molecule has 0 saturated heterocycles. The molecule has 2 heterocycles. The molecule has 0 radical (unpaired) electrons. The molecule has 0 aliphatic heterocycles. The van der Waals surface area contributed by atoms with Crippen LogP contribution in [0.15, 0.2) is 48.8 Å². The van der Waals surface area contributed by atoms with Crippen molar-refractivity contribution in [1.29, 1.82) is 0 Å². The number of benzene rings is 1. The molecule has 136 valence electrons. The number of nitrogens with one attached hydrogen (secondary N) is 1. The van der Waals surface area contributed by atoms with Crippen molar-refractivity contribution in [2.24, 2.45) is 0 Å². The van der Waals surface area contributed by atoms with Crippen LogP contribution in [0.3, 0.4) is 0 Å². The lowest BCUT2D eigenvalue weighted by Crippen LogP contribution is -2.30. The van der Waals surface area contributed by atoms with E-state index in [1.165, 1.54) is 5.56 Å². The van der Waals surface area contributed by atoms with Crippen LogP contribution in [-0.4, -0.2) is 46.4 Å². The Morgan fingerprint density at radius 1 is 1.08 bits per heavy atom. The highest BCUT2D eigenvalue weighted by molar-refractivity contribution is 5.89. The quantitative estimate of drug-likeness (QED) is 0.767. The van der Waals surface area contributed by atoms with E-state index >= 15 is 0 Å². The number of hydrogen-bond donors (Lipinski definition) is 1. The summed E-state index contributed by atoms with van der Waals surface area (Å²) in [7, 11) is 5.89. The summed E-state index contributed by atoms with van der Waals surface area (Å²) in [6.07, 6.45) is 3.85. The number of nitrogens with zero attached hydrogens (tertiary/aromatic N) is 4. The van der Waals surface area contributed by atoms with Crippen LogP contribution in [0.1, 0.15) is 16.8 Å². The number of fused-ring (bicyclic) bond motifs is 1. The topological polar surface area (TPSA) is 52.9 Å². The fourth-order valence-corrected chi connectivity index (χ4v) is 2.87. The van der Waals surface area contributed by atoms with Gasteiger partial charge in [-0.25, -0.2) is 9.78 Å². The third-order valence-electron chi connectivity index (χ3n) is 4.12. The molecule has 6 heteroatoms. The SMILES string of the molecule is Cc1cn2ccc(NC(=O)N(C)Cc3ccc(CN(C)C)cc3)cc2n1. The molecule has 2 amide bonds. The minimum atomic E-state index is -0.144. The maximum atomic E-state index is 12.5. The van der Waals surface area contributed by atoms with Crippen molar-refractivity contribution in [2.45, 2.75) is 20.0 Å². The Hall–Kier alpha value is -2.86. The van der Waals surface area contributed by atoms with Gasteiger partial charge >= 0.3 is 6.03 Å². The number of amides is 2. The minimum absolute atomic E-state index is 0.144. The summed E-state index contributed by atoms with van der Waals surface area (Å²) in [6, 6.07) is 12.0. The zero-order valence-corrected chi connectivity index (χ0v) is 15.7. The van der Waals surface area contributed by atoms with E-state index in [1.54, 1.807) is 11.9 Å². The monoisotopic (exact) mass is 351 g/mol. The molecule has 6 nitrogen and oxygen atoms in total. The van der Waals surface area contributed by atoms with Crippen molar-refractivity contribution < 1.29 is 4.79 Å². The van der Waals surface area contributed by atoms with Crippen LogP contribution in [0.4, 0.5) is 10.5 Å². The summed E-state index contributed by atoms with van der Waals surface area (Å²) < 4.78 is 1.93. The van der Waals surface area contributed by atoms with Gasteiger partial charge in [0.25, 0.3) is 0 Å². The number of carbonyl (C=O) groups is 1. The van der Waals surface area contributed by atoms with E-state index in [1.807, 2.05) is 49.9 Å². The van der Waals surface area contributed by atoms with Crippen LogP contribution in [-0.2, 0) is 13.1 Å². The van der Waals surface area contributed by atoms with Crippen LogP contribution in [0.5, 0.6) is 0 Å². The number of carbonyl (C=O) groups excluding carboxylic acids is 1. The van der Waals surface area contributed by atoms with Crippen LogP contribution in [0.25, 0.3) is 5.65 Å². The third kappa shape index (κ3) is 4.40. The molecule has 0 spiro atoms. The van der Waals surface area contributed by atoms with Crippen LogP contribution in [0.2, 0.25) is 0 Å². The van der Waals surface area contributed by atoms with Gasteiger partial charge in [0.1, 0.15) is 5.65 Å². The van der Waals surface area contributed by atoms with Gasteiger partial charge in [0.05, 0.1) is 5.69 Å². The van der Waals surface area contributed by atoms with Crippen LogP contribution >= 0.6 is 0 Å². The molecular weight excluding hydrogens is 326 g/mol. The number of aryl methyl sites for hydroxylation is 1. The third-order valence-corrected chi connectivity index (χ3v) is 4.12. The standard InChI is InChI=1S/C20H25N5O/c1-15-12-25-10-9-18(11-19(25)21-15)22-20(26)24(4)14-17-7-5-16(6-8-17)13-23(2)3/h5-12H,13-14H2,1-4H3,(H,22,26). The van der Waals surface area contributed by atoms with E-state index in [0.717, 1.165) is 29.1 Å². The summed E-state index contributed by atoms with van der Waals surface area (Å²) in [5.74, 6) is 0. The number of imidazole rings is 1. The van der Waals surface area contributed by atoms with Gasteiger partial charge in [0.2, 0.25) is 0 Å². The lowest BCUT2D eigenvalue weighted by Gasteiger charge is -2.18. The Balaban J connectivity index is 1.61. The van der Waals surface area contributed by atoms with Gasteiger partial charge in [0, 0.05) is 44.3 Å². The Morgan fingerprint density at radius 2 is 1.73 bits per heavy atom. The van der Waals surface area contributed by atoms with Crippen molar-refractivity contribution in [3.63, 3.8) is 0 Å². The Kier molecular flexibility index (Phi) is 5.23. The van der Waals surface area contributed by atoms with Gasteiger partial charge in [-0.2, -0.15) is 0 Å². The molecule has 3 aromatic rings. The van der Waals surface area contributed by atoms with E-state index < -0.39 is 0 Å². The van der Waals surface area contributed by atoms with Gasteiger partial charge in [-0.05, 0) is 38.2 Å². The zero-order chi connectivity index (χ0) is 18.7. The molecule has 2 aromatic heterocycles. The summed E-state index contributed by atoms with van der Waals surface area (Å²) >= 11 is 0. The van der Waals surface area contributed by atoms with Gasteiger partial charge < -0.3 is 19.5 Å². The van der Waals surface area contributed by atoms with Crippen LogP contribution < -0.4 is 5.32 Å². The number of hydrogen-bond acceptors (Lipinski definition) is 3. The molecule has 0 bridgehead atoms. The van der Waals surface area contributed by atoms with Gasteiger partial charge in [-0.1, -0.05) is 24.3 Å². The summed E-state index contributed by atoms with van der Waals surface area (Å²) in [6.45, 7) is 3.41. The second-order valence-electron chi connectivity index (χ2n) is 6.90. The molecule has 1 N–H and O–H groups in total. The molecule has 1 aromatic carbocycles. The lowest BCUT2D eigenvalue weighted by molar-refractivity contribution is 0.220. The summed E-state index contributed by atoms with van der Waals surface area (Å²) in [5.41, 5.74) is 4.86. The molecule has 0 fully saturated rings. The van der Waals surface area contributed by atoms with Crippen molar-refractivity contribution in [1.82, 2.24) is 19.2 Å². The second kappa shape index (κ2) is 7.58. The highest BCUT2D eigenvalue weighted by Crippen LogP contribution is 2.14. The lowest BCUT2D eigenvalue weighted by atomic mass is 10.1. The maximum Gasteiger partial charge on any atom is 0.321 e. The molecule has 0 saturated carbocycles. The van der Waals surface area contributed by atoms with E-state index in [-0.39, 0.29) is 6.03 Å². The van der Waals surface area contributed by atoms with Crippen molar-refractivity contribution in [2.75, 3.05) is 26.5 Å². The molecule has 0 aliphatic carbocycles. The Morgan fingerprint density at radius 3 is 2.38 bits per heavy atom. The molecular formula is C20H25N5O. The zero-order valence-electron chi connectivity index (χ0n) is 15.7. The maximum absolute atomic E-state index is 12.5. The number of aromatic nitrogens is 2. The summed E-state index contributed by atoms with van der Waals surface area (Å²) in [5, 5.41) is 2.93. The second-order valence-corrected chi connectivity index (χ2v) is 6.90. The summed E-state index contributed by atoms with van der Waals surface area (Å²) in [4.78, 5) is 20.7. The highest BCUT2D eigenvalue weighted by atomic mass is 16.2. The van der Waals surface area contributed by atoms with Gasteiger partial charge in [-0.15, -0.1) is 0 Å². The molecule has 0 aliphatic rings. The average Bonchev–Trinajstić information content (AvgIpc) is 2.95. The van der Waals surface area contributed by atoms with Crippen LogP contribution in [0, 0.1) is 6.92 Å². The number of anilines is 1. The average molecular weight is 351 g/mol.